The van der Waals surface area contributed by atoms with Gasteiger partial charge in [-0.25, -0.2) is 9.97 Å². The summed E-state index contributed by atoms with van der Waals surface area (Å²) in [6, 6.07) is 5.78. The molecule has 0 amide bonds. The molecule has 0 radical (unpaired) electrons. The first-order valence-corrected chi connectivity index (χ1v) is 6.27. The molecule has 3 N–H and O–H groups in total. The average Bonchev–Trinajstić information content (AvgIpc) is 2.83. The van der Waals surface area contributed by atoms with Gasteiger partial charge in [0, 0.05) is 19.2 Å². The van der Waals surface area contributed by atoms with Gasteiger partial charge in [-0.2, -0.15) is 0 Å². The molecule has 0 aliphatic carbocycles. The number of hydrogen-bond donors (Lipinski definition) is 3. The molecule has 2 aromatic heterocycles. The highest BCUT2D eigenvalue weighted by atomic mass is 16.3. The molecular formula is C13H19N5O. The molecule has 0 atom stereocenters. The zero-order valence-corrected chi connectivity index (χ0v) is 11.2. The van der Waals surface area contributed by atoms with Gasteiger partial charge in [0.25, 0.3) is 0 Å². The first kappa shape index (κ1) is 13.4. The highest BCUT2D eigenvalue weighted by Crippen LogP contribution is 2.11. The van der Waals surface area contributed by atoms with Crippen LogP contribution in [0.15, 0.2) is 28.9 Å². The predicted octanol–water partition coefficient (Wildman–Crippen LogP) is 1.62. The molecule has 0 fully saturated rings. The van der Waals surface area contributed by atoms with Crippen LogP contribution in [0, 0.1) is 6.92 Å². The Morgan fingerprint density at radius 1 is 1.11 bits per heavy atom. The fourth-order valence-electron chi connectivity index (χ4n) is 1.62. The smallest absolute Gasteiger partial charge is 0.131 e. The first-order valence-electron chi connectivity index (χ1n) is 6.27. The minimum Gasteiger partial charge on any atom is -0.465 e. The summed E-state index contributed by atoms with van der Waals surface area (Å²) in [5.41, 5.74) is 0. The lowest BCUT2D eigenvalue weighted by Gasteiger charge is -2.07. The van der Waals surface area contributed by atoms with Gasteiger partial charge in [-0.05, 0) is 26.1 Å². The molecule has 0 bridgehead atoms. The molecule has 0 spiro atoms. The van der Waals surface area contributed by atoms with Crippen LogP contribution in [-0.4, -0.2) is 30.1 Å². The summed E-state index contributed by atoms with van der Waals surface area (Å²) in [7, 11) is 1.92. The Labute approximate surface area is 112 Å². The van der Waals surface area contributed by atoms with Crippen molar-refractivity contribution in [2.24, 2.45) is 0 Å². The summed E-state index contributed by atoms with van der Waals surface area (Å²) >= 11 is 0. The van der Waals surface area contributed by atoms with Gasteiger partial charge in [0.2, 0.25) is 0 Å². The topological polar surface area (TPSA) is 75.0 Å². The summed E-state index contributed by atoms with van der Waals surface area (Å²) in [6.45, 7) is 4.25. The van der Waals surface area contributed by atoms with Crippen molar-refractivity contribution >= 4 is 11.6 Å². The van der Waals surface area contributed by atoms with E-state index >= 15 is 0 Å². The third-order valence-electron chi connectivity index (χ3n) is 2.59. The Balaban J connectivity index is 1.87. The van der Waals surface area contributed by atoms with E-state index in [-0.39, 0.29) is 0 Å². The molecule has 0 aromatic carbocycles. The number of nitrogens with zero attached hydrogens (tertiary/aromatic N) is 2. The van der Waals surface area contributed by atoms with Gasteiger partial charge in [0.15, 0.2) is 0 Å². The van der Waals surface area contributed by atoms with Gasteiger partial charge in [-0.1, -0.05) is 0 Å². The third-order valence-corrected chi connectivity index (χ3v) is 2.59. The Morgan fingerprint density at radius 3 is 2.58 bits per heavy atom. The van der Waals surface area contributed by atoms with Crippen LogP contribution in [0.3, 0.4) is 0 Å². The summed E-state index contributed by atoms with van der Waals surface area (Å²) in [5, 5.41) is 9.48. The fraction of sp³-hybridized carbons (Fsp3) is 0.385. The summed E-state index contributed by atoms with van der Waals surface area (Å²) in [4.78, 5) is 8.33. The normalized spacial score (nSPS) is 10.4. The van der Waals surface area contributed by atoms with Gasteiger partial charge in [-0.3, -0.25) is 0 Å². The molecule has 2 rings (SSSR count). The average molecular weight is 261 g/mol. The van der Waals surface area contributed by atoms with E-state index in [0.29, 0.717) is 6.54 Å². The van der Waals surface area contributed by atoms with Crippen LogP contribution in [-0.2, 0) is 6.54 Å². The summed E-state index contributed by atoms with van der Waals surface area (Å²) < 4.78 is 5.49. The van der Waals surface area contributed by atoms with Crippen molar-refractivity contribution in [1.29, 1.82) is 0 Å². The lowest BCUT2D eigenvalue weighted by Crippen LogP contribution is -2.18. The molecule has 102 valence electrons. The zero-order valence-electron chi connectivity index (χ0n) is 11.2. The Hall–Kier alpha value is -2.08. The standard InChI is InChI=1S/C13H19N5O/c1-10-3-4-11(19-10)8-16-13-7-12(17-9-18-13)15-6-5-14-2/h3-4,7,9,14H,5-6,8H2,1-2H3,(H2,15,16,17,18). The van der Waals surface area contributed by atoms with E-state index in [1.165, 1.54) is 6.33 Å². The van der Waals surface area contributed by atoms with Gasteiger partial charge < -0.3 is 20.4 Å². The van der Waals surface area contributed by atoms with E-state index in [1.807, 2.05) is 32.2 Å². The predicted molar refractivity (Wildman–Crippen MR) is 75.2 cm³/mol. The minimum atomic E-state index is 0.612. The van der Waals surface area contributed by atoms with Gasteiger partial charge >= 0.3 is 0 Å². The maximum atomic E-state index is 5.49. The van der Waals surface area contributed by atoms with Gasteiger partial charge in [0.05, 0.1) is 6.54 Å². The number of rotatable bonds is 7. The number of aromatic nitrogens is 2. The van der Waals surface area contributed by atoms with Gasteiger partial charge in [-0.15, -0.1) is 0 Å². The molecule has 0 aliphatic rings. The molecule has 0 saturated heterocycles. The van der Waals surface area contributed by atoms with Crippen molar-refractivity contribution in [2.45, 2.75) is 13.5 Å². The van der Waals surface area contributed by atoms with E-state index in [2.05, 4.69) is 25.9 Å². The Kier molecular flexibility index (Phi) is 4.74. The van der Waals surface area contributed by atoms with E-state index < -0.39 is 0 Å². The SMILES string of the molecule is CNCCNc1cc(NCc2ccc(C)o2)ncn1. The van der Waals surface area contributed by atoms with Crippen LogP contribution in [0.4, 0.5) is 11.6 Å². The fourth-order valence-corrected chi connectivity index (χ4v) is 1.62. The number of anilines is 2. The van der Waals surface area contributed by atoms with Crippen LogP contribution >= 0.6 is 0 Å². The van der Waals surface area contributed by atoms with Crippen LogP contribution in [0.5, 0.6) is 0 Å². The maximum absolute atomic E-state index is 5.49. The number of nitrogens with one attached hydrogen (secondary N) is 3. The van der Waals surface area contributed by atoms with Crippen molar-refractivity contribution in [3.05, 3.63) is 36.0 Å². The molecule has 19 heavy (non-hydrogen) atoms. The minimum absolute atomic E-state index is 0.612. The Bertz CT molecular complexity index is 511. The number of furan rings is 1. The van der Waals surface area contributed by atoms with Crippen LogP contribution in [0.2, 0.25) is 0 Å². The highest BCUT2D eigenvalue weighted by molar-refractivity contribution is 5.46. The van der Waals surface area contributed by atoms with Crippen LogP contribution < -0.4 is 16.0 Å². The van der Waals surface area contributed by atoms with E-state index in [9.17, 15) is 0 Å². The molecule has 0 saturated carbocycles. The third kappa shape index (κ3) is 4.26. The Morgan fingerprint density at radius 2 is 1.89 bits per heavy atom. The lowest BCUT2D eigenvalue weighted by molar-refractivity contribution is 0.490. The van der Waals surface area contributed by atoms with E-state index in [1.54, 1.807) is 0 Å². The first-order chi connectivity index (χ1) is 9.28. The lowest BCUT2D eigenvalue weighted by atomic mass is 10.4. The van der Waals surface area contributed by atoms with Gasteiger partial charge in [0.1, 0.15) is 29.5 Å². The second-order valence-corrected chi connectivity index (χ2v) is 4.18. The van der Waals surface area contributed by atoms with Crippen molar-refractivity contribution in [1.82, 2.24) is 15.3 Å². The van der Waals surface area contributed by atoms with Crippen LogP contribution in [0.25, 0.3) is 0 Å². The monoisotopic (exact) mass is 261 g/mol. The zero-order chi connectivity index (χ0) is 13.5. The van der Waals surface area contributed by atoms with Crippen molar-refractivity contribution in [2.75, 3.05) is 30.8 Å². The number of aryl methyl sites for hydroxylation is 1. The van der Waals surface area contributed by atoms with Crippen LogP contribution in [0.1, 0.15) is 11.5 Å². The summed E-state index contributed by atoms with van der Waals surface area (Å²) in [5.74, 6) is 3.38. The maximum Gasteiger partial charge on any atom is 0.131 e. The van der Waals surface area contributed by atoms with Crippen molar-refractivity contribution in [3.63, 3.8) is 0 Å². The molecule has 6 nitrogen and oxygen atoms in total. The van der Waals surface area contributed by atoms with Crippen molar-refractivity contribution < 1.29 is 4.42 Å². The molecule has 0 aliphatic heterocycles. The molecule has 0 unspecified atom stereocenters. The molecule has 6 heteroatoms. The quantitative estimate of drug-likeness (QED) is 0.658. The largest absolute Gasteiger partial charge is 0.465 e. The second kappa shape index (κ2) is 6.75. The van der Waals surface area contributed by atoms with E-state index in [4.69, 9.17) is 4.42 Å². The summed E-state index contributed by atoms with van der Waals surface area (Å²) in [6.07, 6.45) is 1.54. The molecule has 2 heterocycles. The molecular weight excluding hydrogens is 242 g/mol. The highest BCUT2D eigenvalue weighted by Gasteiger charge is 2.01. The molecule has 2 aromatic rings. The number of hydrogen-bond acceptors (Lipinski definition) is 6. The van der Waals surface area contributed by atoms with Crippen molar-refractivity contribution in [3.8, 4) is 0 Å². The van der Waals surface area contributed by atoms with E-state index in [0.717, 1.165) is 36.2 Å². The second-order valence-electron chi connectivity index (χ2n) is 4.18. The number of likely N-dealkylation sites (N-methyl/N-ethyl adjacent to an activating group) is 1.